The Hall–Kier alpha value is -3.18. The van der Waals surface area contributed by atoms with Gasteiger partial charge in [0.05, 0.1) is 26.7 Å². The van der Waals surface area contributed by atoms with Crippen molar-refractivity contribution < 1.29 is 30.8 Å². The minimum atomic E-state index is -4.78. The van der Waals surface area contributed by atoms with Crippen LogP contribution in [0.15, 0.2) is 53.6 Å². The zero-order valence-corrected chi connectivity index (χ0v) is 17.7. The van der Waals surface area contributed by atoms with Crippen LogP contribution in [0.1, 0.15) is 27.2 Å². The third kappa shape index (κ3) is 4.83. The number of nitrogens with two attached hydrogens (primary N) is 1. The van der Waals surface area contributed by atoms with Gasteiger partial charge in [-0.3, -0.25) is 9.52 Å². The number of carbonyl (C=O) groups is 1. The summed E-state index contributed by atoms with van der Waals surface area (Å²) in [5.41, 5.74) is 2.90. The molecule has 1 aromatic heterocycles. The van der Waals surface area contributed by atoms with E-state index in [2.05, 4.69) is 4.98 Å². The van der Waals surface area contributed by atoms with Gasteiger partial charge >= 0.3 is 6.18 Å². The first-order valence-corrected chi connectivity index (χ1v) is 10.6. The molecule has 0 saturated heterocycles. The van der Waals surface area contributed by atoms with Crippen LogP contribution < -0.4 is 10.5 Å². The van der Waals surface area contributed by atoms with Gasteiger partial charge in [0.1, 0.15) is 11.5 Å². The molecule has 1 heterocycles. The van der Waals surface area contributed by atoms with Crippen molar-refractivity contribution in [3.05, 3.63) is 81.9 Å². The van der Waals surface area contributed by atoms with Crippen LogP contribution in [0.2, 0.25) is 5.02 Å². The lowest BCUT2D eigenvalue weighted by atomic mass is 10.1. The van der Waals surface area contributed by atoms with E-state index in [4.69, 9.17) is 17.3 Å². The number of anilines is 2. The fraction of sp³-hybridized carbons (Fsp3) is 0.100. The second-order valence-corrected chi connectivity index (χ2v) is 8.82. The molecule has 3 N–H and O–H groups in total. The standard InChI is InChI=1S/C20H14ClF4N3O3S/c1-10-2-4-13(8-15(10)20(23,24)25)32(30,31)28-17-6-11(21)9-27-18(17)19(29)14-7-12(26)3-5-16(14)22/h2-9,28H,26H2,1H3. The lowest BCUT2D eigenvalue weighted by Crippen LogP contribution is -2.18. The second kappa shape index (κ2) is 8.40. The molecule has 0 bridgehead atoms. The SMILES string of the molecule is Cc1ccc(S(=O)(=O)Nc2cc(Cl)cnc2C(=O)c2cc(N)ccc2F)cc1C(F)(F)F. The Morgan fingerprint density at radius 1 is 1.12 bits per heavy atom. The minimum absolute atomic E-state index is 0.0742. The Kier molecular flexibility index (Phi) is 6.16. The maximum atomic E-state index is 14.1. The van der Waals surface area contributed by atoms with E-state index in [9.17, 15) is 30.8 Å². The van der Waals surface area contributed by atoms with Crippen LogP contribution in [0, 0.1) is 12.7 Å². The number of benzene rings is 2. The maximum absolute atomic E-state index is 14.1. The molecule has 0 spiro atoms. The van der Waals surface area contributed by atoms with Gasteiger partial charge in [-0.25, -0.2) is 17.8 Å². The molecular formula is C20H14ClF4N3O3S. The predicted octanol–water partition coefficient (Wildman–Crippen LogP) is 4.82. The summed E-state index contributed by atoms with van der Waals surface area (Å²) in [6.45, 7) is 1.18. The van der Waals surface area contributed by atoms with E-state index >= 15 is 0 Å². The van der Waals surface area contributed by atoms with Gasteiger partial charge in [0, 0.05) is 11.9 Å². The number of alkyl halides is 3. The molecule has 3 rings (SSSR count). The van der Waals surface area contributed by atoms with Gasteiger partial charge < -0.3 is 5.73 Å². The monoisotopic (exact) mass is 487 g/mol. The highest BCUT2D eigenvalue weighted by atomic mass is 35.5. The summed E-state index contributed by atoms with van der Waals surface area (Å²) in [6, 6.07) is 6.69. The molecule has 12 heteroatoms. The molecule has 168 valence electrons. The lowest BCUT2D eigenvalue weighted by Gasteiger charge is -2.15. The van der Waals surface area contributed by atoms with E-state index in [-0.39, 0.29) is 16.3 Å². The van der Waals surface area contributed by atoms with Gasteiger partial charge in [0.25, 0.3) is 10.0 Å². The van der Waals surface area contributed by atoms with E-state index in [1.54, 1.807) is 0 Å². The number of nitrogens with one attached hydrogen (secondary N) is 1. The summed E-state index contributed by atoms with van der Waals surface area (Å²) in [6.07, 6.45) is -3.75. The average Bonchev–Trinajstić information content (AvgIpc) is 2.68. The topological polar surface area (TPSA) is 102 Å². The molecule has 32 heavy (non-hydrogen) atoms. The molecule has 0 aliphatic rings. The van der Waals surface area contributed by atoms with Gasteiger partial charge in [-0.1, -0.05) is 17.7 Å². The van der Waals surface area contributed by atoms with Crippen molar-refractivity contribution in [3.8, 4) is 0 Å². The van der Waals surface area contributed by atoms with Crippen molar-refractivity contribution in [3.63, 3.8) is 0 Å². The number of sulfonamides is 1. The Bertz CT molecular complexity index is 1330. The Morgan fingerprint density at radius 3 is 2.47 bits per heavy atom. The summed E-state index contributed by atoms with van der Waals surface area (Å²) >= 11 is 5.85. The first-order chi connectivity index (χ1) is 14.8. The number of ketones is 1. The van der Waals surface area contributed by atoms with Gasteiger partial charge in [-0.05, 0) is 48.9 Å². The number of pyridine rings is 1. The van der Waals surface area contributed by atoms with Crippen molar-refractivity contribution in [2.45, 2.75) is 18.0 Å². The molecular weight excluding hydrogens is 474 g/mol. The highest BCUT2D eigenvalue weighted by molar-refractivity contribution is 7.92. The van der Waals surface area contributed by atoms with Crippen molar-refractivity contribution in [1.82, 2.24) is 4.98 Å². The summed E-state index contributed by atoms with van der Waals surface area (Å²) in [5.74, 6) is -1.94. The summed E-state index contributed by atoms with van der Waals surface area (Å²) in [7, 11) is -4.61. The number of hydrogen-bond donors (Lipinski definition) is 2. The third-order valence-corrected chi connectivity index (χ3v) is 5.94. The second-order valence-electron chi connectivity index (χ2n) is 6.70. The van der Waals surface area contributed by atoms with Crippen LogP contribution >= 0.6 is 11.6 Å². The largest absolute Gasteiger partial charge is 0.416 e. The lowest BCUT2D eigenvalue weighted by molar-refractivity contribution is -0.138. The van der Waals surface area contributed by atoms with Crippen LogP contribution in [-0.2, 0) is 16.2 Å². The van der Waals surface area contributed by atoms with Gasteiger partial charge in [0.2, 0.25) is 5.78 Å². The zero-order valence-electron chi connectivity index (χ0n) is 16.2. The minimum Gasteiger partial charge on any atom is -0.399 e. The summed E-state index contributed by atoms with van der Waals surface area (Å²) in [4.78, 5) is 15.9. The molecule has 0 aliphatic heterocycles. The van der Waals surface area contributed by atoms with E-state index in [1.165, 1.54) is 13.0 Å². The van der Waals surface area contributed by atoms with Crippen LogP contribution in [0.25, 0.3) is 0 Å². The van der Waals surface area contributed by atoms with E-state index < -0.39 is 55.2 Å². The van der Waals surface area contributed by atoms with Crippen molar-refractivity contribution in [1.29, 1.82) is 0 Å². The number of rotatable bonds is 5. The molecule has 3 aromatic rings. The highest BCUT2D eigenvalue weighted by Gasteiger charge is 2.34. The highest BCUT2D eigenvalue weighted by Crippen LogP contribution is 2.34. The number of aryl methyl sites for hydroxylation is 1. The van der Waals surface area contributed by atoms with E-state index in [0.717, 1.165) is 36.5 Å². The van der Waals surface area contributed by atoms with Crippen LogP contribution in [0.4, 0.5) is 28.9 Å². The Labute approximate surface area is 185 Å². The number of carbonyl (C=O) groups excluding carboxylic acids is 1. The summed E-state index contributed by atoms with van der Waals surface area (Å²) < 4.78 is 81.3. The first kappa shape index (κ1) is 23.5. The molecule has 0 saturated carbocycles. The molecule has 0 atom stereocenters. The average molecular weight is 488 g/mol. The fourth-order valence-electron chi connectivity index (χ4n) is 2.82. The molecule has 0 aliphatic carbocycles. The van der Waals surface area contributed by atoms with Gasteiger partial charge in [-0.2, -0.15) is 13.2 Å². The number of nitrogen functional groups attached to an aromatic ring is 1. The van der Waals surface area contributed by atoms with E-state index in [1.807, 2.05) is 4.72 Å². The molecule has 0 amide bonds. The van der Waals surface area contributed by atoms with Gasteiger partial charge in [-0.15, -0.1) is 0 Å². The normalized spacial score (nSPS) is 11.9. The first-order valence-electron chi connectivity index (χ1n) is 8.75. The predicted molar refractivity (Wildman–Crippen MR) is 110 cm³/mol. The van der Waals surface area contributed by atoms with Gasteiger partial charge in [0.15, 0.2) is 0 Å². The third-order valence-electron chi connectivity index (χ3n) is 4.37. The fourth-order valence-corrected chi connectivity index (χ4v) is 4.06. The van der Waals surface area contributed by atoms with Crippen LogP contribution in [0.5, 0.6) is 0 Å². The molecule has 0 radical (unpaired) electrons. The quantitative estimate of drug-likeness (QED) is 0.305. The number of halogens is 5. The smallest absolute Gasteiger partial charge is 0.399 e. The number of hydrogen-bond acceptors (Lipinski definition) is 5. The van der Waals surface area contributed by atoms with E-state index in [0.29, 0.717) is 6.07 Å². The number of nitrogens with zero attached hydrogens (tertiary/aromatic N) is 1. The van der Waals surface area contributed by atoms with Crippen LogP contribution in [0.3, 0.4) is 0 Å². The Morgan fingerprint density at radius 2 is 1.81 bits per heavy atom. The Balaban J connectivity index is 2.07. The van der Waals surface area contributed by atoms with Crippen molar-refractivity contribution in [2.75, 3.05) is 10.5 Å². The maximum Gasteiger partial charge on any atom is 0.416 e. The summed E-state index contributed by atoms with van der Waals surface area (Å²) in [5, 5.41) is -0.0767. The zero-order chi connectivity index (χ0) is 23.8. The molecule has 0 unspecified atom stereocenters. The molecule has 0 fully saturated rings. The van der Waals surface area contributed by atoms with Crippen molar-refractivity contribution >= 4 is 38.8 Å². The molecule has 2 aromatic carbocycles. The van der Waals surface area contributed by atoms with Crippen molar-refractivity contribution in [2.24, 2.45) is 0 Å². The molecule has 6 nitrogen and oxygen atoms in total. The van der Waals surface area contributed by atoms with Crippen LogP contribution in [-0.4, -0.2) is 19.2 Å². The number of aromatic nitrogens is 1.